The van der Waals surface area contributed by atoms with Crippen LogP contribution in [0.1, 0.15) is 17.3 Å². The molecule has 0 saturated heterocycles. The van der Waals surface area contributed by atoms with E-state index in [0.717, 1.165) is 6.54 Å². The Morgan fingerprint density at radius 1 is 1.40 bits per heavy atom. The molecule has 1 aromatic heterocycles. The summed E-state index contributed by atoms with van der Waals surface area (Å²) >= 11 is 6.03. The molecule has 0 unspecified atom stereocenters. The number of hydrogen-bond donors (Lipinski definition) is 2. The molecule has 0 aliphatic heterocycles. The van der Waals surface area contributed by atoms with Crippen molar-refractivity contribution >= 4 is 23.3 Å². The lowest BCUT2D eigenvalue weighted by atomic mass is 10.2. The highest BCUT2D eigenvalue weighted by Gasteiger charge is 2.09. The lowest BCUT2D eigenvalue weighted by molar-refractivity contribution is 0.0692. The Hall–Kier alpha value is -1.37. The molecule has 6 nitrogen and oxygen atoms in total. The highest BCUT2D eigenvalue weighted by Crippen LogP contribution is 2.19. The lowest BCUT2D eigenvalue weighted by Gasteiger charge is -2.08. The van der Waals surface area contributed by atoms with Crippen molar-refractivity contribution in [2.45, 2.75) is 6.92 Å². The molecule has 1 aromatic rings. The Morgan fingerprint density at radius 3 is 2.85 bits per heavy atom. The second-order valence-corrected chi connectivity index (χ2v) is 4.35. The zero-order chi connectivity index (χ0) is 14.8. The number of carbonyl (C=O) groups is 1. The van der Waals surface area contributed by atoms with Crippen LogP contribution in [0.25, 0.3) is 0 Å². The molecular weight excluding hydrogens is 282 g/mol. The number of nitrogens with zero attached hydrogens (tertiary/aromatic N) is 1. The molecule has 0 fully saturated rings. The first-order valence-corrected chi connectivity index (χ1v) is 6.81. The molecule has 0 aromatic carbocycles. The van der Waals surface area contributed by atoms with Gasteiger partial charge >= 0.3 is 0 Å². The molecule has 0 aliphatic rings. The van der Waals surface area contributed by atoms with Crippen molar-refractivity contribution in [2.75, 3.05) is 45.3 Å². The standard InChI is InChI=1S/C13H20ClN3O3/c1-3-15-12-11(14)8-10(9-17-12)13(18)16-4-5-20-7-6-19-2/h8-9H,3-7H2,1-2H3,(H,15,17)(H,16,18). The first kappa shape index (κ1) is 16.7. The van der Waals surface area contributed by atoms with Crippen molar-refractivity contribution < 1.29 is 14.3 Å². The third-order valence-electron chi connectivity index (χ3n) is 2.41. The molecule has 7 heteroatoms. The summed E-state index contributed by atoms with van der Waals surface area (Å²) in [6.07, 6.45) is 1.49. The van der Waals surface area contributed by atoms with Gasteiger partial charge in [0.2, 0.25) is 0 Å². The number of nitrogens with one attached hydrogen (secondary N) is 2. The van der Waals surface area contributed by atoms with E-state index in [1.165, 1.54) is 6.20 Å². The van der Waals surface area contributed by atoms with Crippen LogP contribution in [0.4, 0.5) is 5.82 Å². The first-order chi connectivity index (χ1) is 9.69. The molecular formula is C13H20ClN3O3. The van der Waals surface area contributed by atoms with Gasteiger partial charge in [-0.1, -0.05) is 11.6 Å². The SMILES string of the molecule is CCNc1ncc(C(=O)NCCOCCOC)cc1Cl. The van der Waals surface area contributed by atoms with Crippen molar-refractivity contribution in [3.8, 4) is 0 Å². The van der Waals surface area contributed by atoms with E-state index in [2.05, 4.69) is 15.6 Å². The van der Waals surface area contributed by atoms with E-state index in [1.807, 2.05) is 6.92 Å². The van der Waals surface area contributed by atoms with Gasteiger partial charge in [0.05, 0.1) is 30.4 Å². The minimum absolute atomic E-state index is 0.224. The van der Waals surface area contributed by atoms with Crippen LogP contribution in [-0.2, 0) is 9.47 Å². The minimum Gasteiger partial charge on any atom is -0.382 e. The number of aromatic nitrogens is 1. The number of hydrogen-bond acceptors (Lipinski definition) is 5. The maximum Gasteiger partial charge on any atom is 0.252 e. The molecule has 0 spiro atoms. The Balaban J connectivity index is 2.38. The average molecular weight is 302 g/mol. The smallest absolute Gasteiger partial charge is 0.252 e. The molecule has 1 rings (SSSR count). The summed E-state index contributed by atoms with van der Waals surface area (Å²) in [4.78, 5) is 16.0. The summed E-state index contributed by atoms with van der Waals surface area (Å²) in [5.41, 5.74) is 0.425. The van der Waals surface area contributed by atoms with E-state index in [-0.39, 0.29) is 5.91 Å². The van der Waals surface area contributed by atoms with Gasteiger partial charge in [-0.05, 0) is 13.0 Å². The quantitative estimate of drug-likeness (QED) is 0.677. The van der Waals surface area contributed by atoms with E-state index in [9.17, 15) is 4.79 Å². The second kappa shape index (κ2) is 9.52. The fourth-order valence-corrected chi connectivity index (χ4v) is 1.68. The maximum absolute atomic E-state index is 11.8. The highest BCUT2D eigenvalue weighted by atomic mass is 35.5. The van der Waals surface area contributed by atoms with Crippen molar-refractivity contribution in [3.05, 3.63) is 22.8 Å². The number of carbonyl (C=O) groups excluding carboxylic acids is 1. The molecule has 0 radical (unpaired) electrons. The fraction of sp³-hybridized carbons (Fsp3) is 0.538. The predicted molar refractivity (Wildman–Crippen MR) is 78.4 cm³/mol. The number of pyridine rings is 1. The zero-order valence-corrected chi connectivity index (χ0v) is 12.5. The van der Waals surface area contributed by atoms with Gasteiger partial charge in [0.25, 0.3) is 5.91 Å². The molecule has 1 amide bonds. The van der Waals surface area contributed by atoms with E-state index >= 15 is 0 Å². The summed E-state index contributed by atoms with van der Waals surface area (Å²) < 4.78 is 10.1. The highest BCUT2D eigenvalue weighted by molar-refractivity contribution is 6.33. The lowest BCUT2D eigenvalue weighted by Crippen LogP contribution is -2.27. The normalized spacial score (nSPS) is 10.3. The monoisotopic (exact) mass is 301 g/mol. The summed E-state index contributed by atoms with van der Waals surface area (Å²) in [7, 11) is 1.61. The van der Waals surface area contributed by atoms with Crippen LogP contribution in [0.2, 0.25) is 5.02 Å². The predicted octanol–water partition coefficient (Wildman–Crippen LogP) is 1.56. The van der Waals surface area contributed by atoms with Gasteiger partial charge in [0, 0.05) is 26.4 Å². The molecule has 0 atom stereocenters. The molecule has 112 valence electrons. The average Bonchev–Trinajstić information content (AvgIpc) is 2.45. The number of halogens is 1. The summed E-state index contributed by atoms with van der Waals surface area (Å²) in [6, 6.07) is 1.59. The number of amides is 1. The summed E-state index contributed by atoms with van der Waals surface area (Å²) in [6.45, 7) is 4.58. The van der Waals surface area contributed by atoms with Gasteiger partial charge in [-0.25, -0.2) is 4.98 Å². The first-order valence-electron chi connectivity index (χ1n) is 6.43. The fourth-order valence-electron chi connectivity index (χ4n) is 1.44. The van der Waals surface area contributed by atoms with Crippen LogP contribution in [-0.4, -0.2) is 50.9 Å². The van der Waals surface area contributed by atoms with E-state index in [1.54, 1.807) is 13.2 Å². The maximum atomic E-state index is 11.8. The van der Waals surface area contributed by atoms with Crippen molar-refractivity contribution in [1.29, 1.82) is 0 Å². The Kier molecular flexibility index (Phi) is 7.94. The van der Waals surface area contributed by atoms with Crippen LogP contribution in [0.15, 0.2) is 12.3 Å². The van der Waals surface area contributed by atoms with Crippen LogP contribution in [0.5, 0.6) is 0 Å². The van der Waals surface area contributed by atoms with Crippen LogP contribution in [0, 0.1) is 0 Å². The Morgan fingerprint density at radius 2 is 2.20 bits per heavy atom. The summed E-state index contributed by atoms with van der Waals surface area (Å²) in [5.74, 6) is 0.353. The van der Waals surface area contributed by atoms with Crippen molar-refractivity contribution in [1.82, 2.24) is 10.3 Å². The van der Waals surface area contributed by atoms with Crippen molar-refractivity contribution in [3.63, 3.8) is 0 Å². The van der Waals surface area contributed by atoms with Gasteiger partial charge in [0.1, 0.15) is 5.82 Å². The Labute approximate surface area is 123 Å². The van der Waals surface area contributed by atoms with Gasteiger partial charge in [-0.3, -0.25) is 4.79 Å². The van der Waals surface area contributed by atoms with E-state index in [0.29, 0.717) is 42.8 Å². The molecule has 2 N–H and O–H groups in total. The van der Waals surface area contributed by atoms with Crippen LogP contribution < -0.4 is 10.6 Å². The molecule has 1 heterocycles. The van der Waals surface area contributed by atoms with Crippen LogP contribution in [0.3, 0.4) is 0 Å². The van der Waals surface area contributed by atoms with Gasteiger partial charge in [0.15, 0.2) is 0 Å². The third-order valence-corrected chi connectivity index (χ3v) is 2.70. The molecule has 20 heavy (non-hydrogen) atoms. The molecule has 0 aliphatic carbocycles. The van der Waals surface area contributed by atoms with Gasteiger partial charge < -0.3 is 20.1 Å². The zero-order valence-electron chi connectivity index (χ0n) is 11.7. The summed E-state index contributed by atoms with van der Waals surface area (Å²) in [5, 5.41) is 6.16. The van der Waals surface area contributed by atoms with Gasteiger partial charge in [-0.15, -0.1) is 0 Å². The molecule has 0 saturated carbocycles. The number of methoxy groups -OCH3 is 1. The van der Waals surface area contributed by atoms with E-state index in [4.69, 9.17) is 21.1 Å². The number of anilines is 1. The van der Waals surface area contributed by atoms with E-state index < -0.39 is 0 Å². The number of ether oxygens (including phenoxy) is 2. The minimum atomic E-state index is -0.224. The Bertz CT molecular complexity index is 429. The van der Waals surface area contributed by atoms with Crippen molar-refractivity contribution in [2.24, 2.45) is 0 Å². The second-order valence-electron chi connectivity index (χ2n) is 3.95. The topological polar surface area (TPSA) is 72.5 Å². The third kappa shape index (κ3) is 5.73. The number of rotatable bonds is 9. The van der Waals surface area contributed by atoms with Crippen LogP contribution >= 0.6 is 11.6 Å². The van der Waals surface area contributed by atoms with Gasteiger partial charge in [-0.2, -0.15) is 0 Å². The molecule has 0 bridgehead atoms. The largest absolute Gasteiger partial charge is 0.382 e.